The first-order valence-electron chi connectivity index (χ1n) is 5.95. The van der Waals surface area contributed by atoms with Crippen molar-refractivity contribution >= 4 is 5.97 Å². The summed E-state index contributed by atoms with van der Waals surface area (Å²) >= 11 is 0. The van der Waals surface area contributed by atoms with E-state index in [-0.39, 0.29) is 17.9 Å². The largest absolute Gasteiger partial charge is 0.467 e. The third-order valence-corrected chi connectivity index (χ3v) is 3.27. The Bertz CT molecular complexity index is 396. The van der Waals surface area contributed by atoms with Gasteiger partial charge < -0.3 is 14.6 Å². The molecule has 1 aliphatic heterocycles. The van der Waals surface area contributed by atoms with E-state index in [9.17, 15) is 4.79 Å². The van der Waals surface area contributed by atoms with Crippen LogP contribution < -0.4 is 5.32 Å². The van der Waals surface area contributed by atoms with Crippen molar-refractivity contribution in [3.63, 3.8) is 0 Å². The first kappa shape index (κ1) is 12.1. The summed E-state index contributed by atoms with van der Waals surface area (Å²) in [5.41, 5.74) is 1.12. The third kappa shape index (κ3) is 2.20. The Morgan fingerprint density at radius 2 is 2.29 bits per heavy atom. The maximum atomic E-state index is 11.8. The maximum absolute atomic E-state index is 11.8. The Balaban J connectivity index is 2.29. The van der Waals surface area contributed by atoms with E-state index in [1.54, 1.807) is 6.33 Å². The quantitative estimate of drug-likeness (QED) is 0.792. The SMILES string of the molecule is COC(=O)C(C(C)C)n1cncc1C1CNC1. The van der Waals surface area contributed by atoms with Crippen molar-refractivity contribution in [2.24, 2.45) is 5.92 Å². The lowest BCUT2D eigenvalue weighted by molar-refractivity contribution is -0.146. The topological polar surface area (TPSA) is 56.2 Å². The van der Waals surface area contributed by atoms with Crippen LogP contribution in [0.5, 0.6) is 0 Å². The fraction of sp³-hybridized carbons (Fsp3) is 0.667. The Morgan fingerprint density at radius 1 is 1.59 bits per heavy atom. The van der Waals surface area contributed by atoms with Crippen molar-refractivity contribution in [1.29, 1.82) is 0 Å². The smallest absolute Gasteiger partial charge is 0.329 e. The molecular formula is C12H19N3O2. The molecule has 1 N–H and O–H groups in total. The Morgan fingerprint density at radius 3 is 2.76 bits per heavy atom. The highest BCUT2D eigenvalue weighted by Crippen LogP contribution is 2.27. The van der Waals surface area contributed by atoms with E-state index in [0.717, 1.165) is 18.8 Å². The molecule has 5 heteroatoms. The van der Waals surface area contributed by atoms with E-state index in [4.69, 9.17) is 4.74 Å². The minimum atomic E-state index is -0.280. The van der Waals surface area contributed by atoms with E-state index in [0.29, 0.717) is 5.92 Å². The highest BCUT2D eigenvalue weighted by molar-refractivity contribution is 5.74. The number of esters is 1. The van der Waals surface area contributed by atoms with Crippen LogP contribution >= 0.6 is 0 Å². The second kappa shape index (κ2) is 4.87. The van der Waals surface area contributed by atoms with Gasteiger partial charge in [0.05, 0.1) is 13.4 Å². The lowest BCUT2D eigenvalue weighted by Crippen LogP contribution is -2.42. The summed E-state index contributed by atoms with van der Waals surface area (Å²) in [5.74, 6) is 0.443. The van der Waals surface area contributed by atoms with E-state index in [1.807, 2.05) is 24.6 Å². The Labute approximate surface area is 101 Å². The molecule has 17 heavy (non-hydrogen) atoms. The van der Waals surface area contributed by atoms with Gasteiger partial charge in [-0.15, -0.1) is 0 Å². The number of hydrogen-bond acceptors (Lipinski definition) is 4. The van der Waals surface area contributed by atoms with Gasteiger partial charge in [0.1, 0.15) is 6.04 Å². The number of imidazole rings is 1. The number of carbonyl (C=O) groups excluding carboxylic acids is 1. The van der Waals surface area contributed by atoms with Gasteiger partial charge in [-0.25, -0.2) is 9.78 Å². The standard InChI is InChI=1S/C12H19N3O2/c1-8(2)11(12(16)17-3)15-7-14-6-10(15)9-4-13-5-9/h6-9,11,13H,4-5H2,1-3H3. The van der Waals surface area contributed by atoms with Gasteiger partial charge >= 0.3 is 5.97 Å². The predicted molar refractivity (Wildman–Crippen MR) is 63.7 cm³/mol. The molecule has 0 radical (unpaired) electrons. The van der Waals surface area contributed by atoms with Gasteiger partial charge in [0, 0.05) is 30.9 Å². The van der Waals surface area contributed by atoms with Gasteiger partial charge in [0.2, 0.25) is 0 Å². The first-order valence-corrected chi connectivity index (χ1v) is 5.95. The van der Waals surface area contributed by atoms with Gasteiger partial charge in [-0.3, -0.25) is 0 Å². The lowest BCUT2D eigenvalue weighted by atomic mass is 9.97. The highest BCUT2D eigenvalue weighted by Gasteiger charge is 2.30. The molecule has 1 fully saturated rings. The number of hydrogen-bond donors (Lipinski definition) is 1. The van der Waals surface area contributed by atoms with Crippen LogP contribution in [0.3, 0.4) is 0 Å². The van der Waals surface area contributed by atoms with Gasteiger partial charge in [0.15, 0.2) is 0 Å². The van der Waals surface area contributed by atoms with Crippen LogP contribution in [0.15, 0.2) is 12.5 Å². The lowest BCUT2D eigenvalue weighted by Gasteiger charge is -2.30. The van der Waals surface area contributed by atoms with Crippen LogP contribution in [0.2, 0.25) is 0 Å². The molecule has 1 saturated heterocycles. The molecule has 1 unspecified atom stereocenters. The van der Waals surface area contributed by atoms with Crippen molar-refractivity contribution in [3.8, 4) is 0 Å². The monoisotopic (exact) mass is 237 g/mol. The van der Waals surface area contributed by atoms with Gasteiger partial charge in [-0.05, 0) is 5.92 Å². The molecule has 0 spiro atoms. The molecule has 0 aromatic carbocycles. The molecule has 2 rings (SSSR count). The van der Waals surface area contributed by atoms with E-state index in [2.05, 4.69) is 10.3 Å². The first-order chi connectivity index (χ1) is 8.15. The molecule has 0 saturated carbocycles. The predicted octanol–water partition coefficient (Wildman–Crippen LogP) is 0.940. The molecular weight excluding hydrogens is 218 g/mol. The van der Waals surface area contributed by atoms with Crippen molar-refractivity contribution in [1.82, 2.24) is 14.9 Å². The zero-order valence-corrected chi connectivity index (χ0v) is 10.5. The van der Waals surface area contributed by atoms with E-state index >= 15 is 0 Å². The van der Waals surface area contributed by atoms with Crippen LogP contribution in [0.25, 0.3) is 0 Å². The number of carbonyl (C=O) groups is 1. The molecule has 0 amide bonds. The molecule has 1 aromatic rings. The summed E-state index contributed by atoms with van der Waals surface area (Å²) in [5, 5.41) is 3.23. The summed E-state index contributed by atoms with van der Waals surface area (Å²) in [7, 11) is 1.43. The Hall–Kier alpha value is -1.36. The number of aromatic nitrogens is 2. The average Bonchev–Trinajstić information content (AvgIpc) is 2.64. The molecule has 1 aliphatic rings. The number of nitrogens with one attached hydrogen (secondary N) is 1. The van der Waals surface area contributed by atoms with Crippen LogP contribution in [0.1, 0.15) is 31.5 Å². The maximum Gasteiger partial charge on any atom is 0.329 e. The minimum absolute atomic E-state index is 0.184. The number of methoxy groups -OCH3 is 1. The molecule has 5 nitrogen and oxygen atoms in total. The summed E-state index contributed by atoms with van der Waals surface area (Å²) in [4.78, 5) is 16.0. The Kier molecular flexibility index (Phi) is 3.47. The second-order valence-electron chi connectivity index (χ2n) is 4.79. The molecule has 94 valence electrons. The number of ether oxygens (including phenoxy) is 1. The fourth-order valence-electron chi connectivity index (χ4n) is 2.19. The summed E-state index contributed by atoms with van der Waals surface area (Å²) in [6, 6.07) is -0.280. The zero-order valence-electron chi connectivity index (χ0n) is 10.5. The normalized spacial score (nSPS) is 17.9. The summed E-state index contributed by atoms with van der Waals surface area (Å²) in [6.45, 7) is 5.95. The average molecular weight is 237 g/mol. The van der Waals surface area contributed by atoms with Gasteiger partial charge in [-0.1, -0.05) is 13.8 Å². The van der Waals surface area contributed by atoms with Crippen LogP contribution in [0.4, 0.5) is 0 Å². The molecule has 1 atom stereocenters. The van der Waals surface area contributed by atoms with Crippen LogP contribution in [0, 0.1) is 5.92 Å². The fourth-order valence-corrected chi connectivity index (χ4v) is 2.19. The van der Waals surface area contributed by atoms with E-state index < -0.39 is 0 Å². The van der Waals surface area contributed by atoms with Crippen molar-refractivity contribution < 1.29 is 9.53 Å². The molecule has 2 heterocycles. The molecule has 1 aromatic heterocycles. The zero-order chi connectivity index (χ0) is 12.4. The summed E-state index contributed by atoms with van der Waals surface area (Å²) < 4.78 is 6.84. The number of rotatable bonds is 4. The molecule has 0 aliphatic carbocycles. The second-order valence-corrected chi connectivity index (χ2v) is 4.79. The summed E-state index contributed by atoms with van der Waals surface area (Å²) in [6.07, 6.45) is 3.58. The number of nitrogens with zero attached hydrogens (tertiary/aromatic N) is 2. The highest BCUT2D eigenvalue weighted by atomic mass is 16.5. The van der Waals surface area contributed by atoms with Crippen LogP contribution in [-0.4, -0.2) is 35.7 Å². The van der Waals surface area contributed by atoms with Gasteiger partial charge in [-0.2, -0.15) is 0 Å². The van der Waals surface area contributed by atoms with E-state index in [1.165, 1.54) is 7.11 Å². The van der Waals surface area contributed by atoms with Crippen molar-refractivity contribution in [2.45, 2.75) is 25.8 Å². The minimum Gasteiger partial charge on any atom is -0.467 e. The van der Waals surface area contributed by atoms with Crippen molar-refractivity contribution in [2.75, 3.05) is 20.2 Å². The third-order valence-electron chi connectivity index (χ3n) is 3.27. The van der Waals surface area contributed by atoms with Crippen LogP contribution in [-0.2, 0) is 9.53 Å². The molecule has 0 bridgehead atoms. The van der Waals surface area contributed by atoms with Gasteiger partial charge in [0.25, 0.3) is 0 Å². The van der Waals surface area contributed by atoms with Crippen molar-refractivity contribution in [3.05, 3.63) is 18.2 Å².